The second-order valence-corrected chi connectivity index (χ2v) is 13.2. The molecule has 3 aliphatic rings. The van der Waals surface area contributed by atoms with Crippen molar-refractivity contribution in [3.05, 3.63) is 0 Å². The molecule has 0 spiro atoms. The van der Waals surface area contributed by atoms with E-state index in [2.05, 4.69) is 5.32 Å². The minimum absolute atomic E-state index is 0.137. The Labute approximate surface area is 257 Å². The summed E-state index contributed by atoms with van der Waals surface area (Å²) >= 11 is 4.82. The lowest BCUT2D eigenvalue weighted by Gasteiger charge is -2.39. The zero-order valence-corrected chi connectivity index (χ0v) is 28.0. The fraction of sp³-hybridized carbons (Fsp3) is 0.833. The van der Waals surface area contributed by atoms with Gasteiger partial charge < -0.3 is 30.3 Å². The van der Waals surface area contributed by atoms with Crippen LogP contribution in [-0.4, -0.2) is 95.3 Å². The highest BCUT2D eigenvalue weighted by Crippen LogP contribution is 2.22. The molecule has 0 radical (unpaired) electrons. The highest BCUT2D eigenvalue weighted by Gasteiger charge is 2.34. The predicted molar refractivity (Wildman–Crippen MR) is 164 cm³/mol. The summed E-state index contributed by atoms with van der Waals surface area (Å²) in [5.74, 6) is 1.66. The molecule has 3 aliphatic heterocycles. The van der Waals surface area contributed by atoms with Crippen LogP contribution in [0.4, 0.5) is 9.59 Å². The summed E-state index contributed by atoms with van der Waals surface area (Å²) in [6, 6.07) is 0.137. The third kappa shape index (κ3) is 19.0. The molecule has 0 aromatic heterocycles. The predicted octanol–water partition coefficient (Wildman–Crippen LogP) is 4.52. The van der Waals surface area contributed by atoms with Crippen LogP contribution in [0.1, 0.15) is 94.4 Å². The Bertz CT molecular complexity index is 870. The number of Topliss-reactive ketones (excluding diaryl/α,β-unsaturated/α-hetero) is 2. The Kier molecular flexibility index (Phi) is 18.1. The summed E-state index contributed by atoms with van der Waals surface area (Å²) in [7, 11) is 0. The Morgan fingerprint density at radius 2 is 1.07 bits per heavy atom. The van der Waals surface area contributed by atoms with E-state index in [9.17, 15) is 24.0 Å². The SMILES string of the molecule is CC(C)(C)OC(=O)N1CC(N)C1.CCC(=O)CC1CN(C(=O)OC(C)(C)C)C1.CCC(=O)CC1CNC1.CCC(=O)Cl. The van der Waals surface area contributed by atoms with Crippen LogP contribution >= 0.6 is 11.6 Å². The maximum atomic E-state index is 11.6. The lowest BCUT2D eigenvalue weighted by atomic mass is 9.94. The van der Waals surface area contributed by atoms with Crippen LogP contribution in [0.25, 0.3) is 0 Å². The molecule has 0 aliphatic carbocycles. The number of rotatable bonds is 7. The van der Waals surface area contributed by atoms with Crippen molar-refractivity contribution in [3.63, 3.8) is 0 Å². The van der Waals surface area contributed by atoms with Gasteiger partial charge in [0.15, 0.2) is 0 Å². The van der Waals surface area contributed by atoms with Crippen LogP contribution in [0, 0.1) is 11.8 Å². The topological polar surface area (TPSA) is 148 Å². The Hall–Kier alpha value is -2.24. The molecule has 0 saturated carbocycles. The average Bonchev–Trinajstić information content (AvgIpc) is 2.79. The van der Waals surface area contributed by atoms with Crippen LogP contribution in [0.5, 0.6) is 0 Å². The van der Waals surface area contributed by atoms with E-state index in [1.807, 2.05) is 55.4 Å². The monoisotopic (exact) mass is 618 g/mol. The first-order valence-corrected chi connectivity index (χ1v) is 15.3. The molecule has 42 heavy (non-hydrogen) atoms. The number of amides is 2. The fourth-order valence-corrected chi connectivity index (χ4v) is 3.59. The van der Waals surface area contributed by atoms with Crippen molar-refractivity contribution in [1.82, 2.24) is 15.1 Å². The van der Waals surface area contributed by atoms with Crippen LogP contribution in [-0.2, 0) is 23.9 Å². The highest BCUT2D eigenvalue weighted by atomic mass is 35.5. The summed E-state index contributed by atoms with van der Waals surface area (Å²) in [4.78, 5) is 57.6. The molecule has 0 aromatic rings. The molecule has 0 atom stereocenters. The van der Waals surface area contributed by atoms with E-state index >= 15 is 0 Å². The van der Waals surface area contributed by atoms with E-state index in [4.69, 9.17) is 26.8 Å². The minimum Gasteiger partial charge on any atom is -0.444 e. The molecular weight excluding hydrogens is 564 g/mol. The van der Waals surface area contributed by atoms with Crippen molar-refractivity contribution in [2.24, 2.45) is 17.6 Å². The van der Waals surface area contributed by atoms with E-state index in [-0.39, 0.29) is 29.3 Å². The zero-order valence-electron chi connectivity index (χ0n) is 27.2. The van der Waals surface area contributed by atoms with Gasteiger partial charge in [0.2, 0.25) is 5.24 Å². The van der Waals surface area contributed by atoms with Gasteiger partial charge in [-0.15, -0.1) is 0 Å². The number of nitrogens with zero attached hydrogens (tertiary/aromatic N) is 2. The number of ether oxygens (including phenoxy) is 2. The fourth-order valence-electron chi connectivity index (χ4n) is 3.59. The molecular formula is C30H55ClN4O7. The van der Waals surface area contributed by atoms with Crippen molar-refractivity contribution >= 4 is 40.6 Å². The van der Waals surface area contributed by atoms with E-state index in [1.165, 1.54) is 0 Å². The number of carbonyl (C=O) groups excluding carboxylic acids is 5. The molecule has 0 bridgehead atoms. The summed E-state index contributed by atoms with van der Waals surface area (Å²) < 4.78 is 10.3. The lowest BCUT2D eigenvalue weighted by Crippen LogP contribution is -2.58. The van der Waals surface area contributed by atoms with Gasteiger partial charge in [-0.2, -0.15) is 0 Å². The number of hydrogen-bond donors (Lipinski definition) is 2. The number of hydrogen-bond acceptors (Lipinski definition) is 9. The first-order chi connectivity index (χ1) is 19.3. The van der Waals surface area contributed by atoms with Gasteiger partial charge in [0.05, 0.1) is 0 Å². The number of likely N-dealkylation sites (tertiary alicyclic amines) is 2. The normalized spacial score (nSPS) is 16.8. The van der Waals surface area contributed by atoms with Gasteiger partial charge in [-0.05, 0) is 72.2 Å². The second-order valence-electron chi connectivity index (χ2n) is 12.8. The maximum Gasteiger partial charge on any atom is 0.410 e. The third-order valence-corrected chi connectivity index (χ3v) is 6.40. The summed E-state index contributed by atoms with van der Waals surface area (Å²) in [5.41, 5.74) is 4.67. The van der Waals surface area contributed by atoms with Gasteiger partial charge in [-0.25, -0.2) is 9.59 Å². The molecule has 3 saturated heterocycles. The summed E-state index contributed by atoms with van der Waals surface area (Å²) in [5, 5.41) is 2.87. The Morgan fingerprint density at radius 3 is 1.33 bits per heavy atom. The zero-order chi connectivity index (χ0) is 32.7. The lowest BCUT2D eigenvalue weighted by molar-refractivity contribution is -0.121. The van der Waals surface area contributed by atoms with E-state index < -0.39 is 11.2 Å². The standard InChI is InChI=1S/C12H21NO3.C8H16N2O2.C7H13NO.C3H5ClO/c1-5-10(14)6-9-7-13(8-9)11(15)16-12(2,3)4;1-8(2,3)12-7(11)10-4-6(9)5-10;1-2-7(9)3-6-4-8-5-6;1-2-3(4)5/h9H,5-8H2,1-4H3;6H,4-5,9H2,1-3H3;6,8H,2-5H2,1H3;2H2,1H3. The van der Waals surface area contributed by atoms with E-state index in [1.54, 1.807) is 16.7 Å². The number of ketones is 2. The summed E-state index contributed by atoms with van der Waals surface area (Å²) in [6.07, 6.45) is 2.58. The van der Waals surface area contributed by atoms with Crippen molar-refractivity contribution in [3.8, 4) is 0 Å². The van der Waals surface area contributed by atoms with E-state index in [0.717, 1.165) is 19.5 Å². The largest absolute Gasteiger partial charge is 0.444 e. The Balaban J connectivity index is 0.000000572. The molecule has 3 rings (SSSR count). The van der Waals surface area contributed by atoms with Crippen molar-refractivity contribution in [1.29, 1.82) is 0 Å². The first-order valence-electron chi connectivity index (χ1n) is 14.9. The van der Waals surface area contributed by atoms with Gasteiger partial charge in [-0.1, -0.05) is 20.8 Å². The van der Waals surface area contributed by atoms with Gasteiger partial charge in [0.25, 0.3) is 0 Å². The van der Waals surface area contributed by atoms with Crippen molar-refractivity contribution in [2.45, 2.75) is 112 Å². The van der Waals surface area contributed by atoms with Gasteiger partial charge in [0.1, 0.15) is 22.8 Å². The van der Waals surface area contributed by atoms with Crippen LogP contribution in [0.3, 0.4) is 0 Å². The molecule has 244 valence electrons. The van der Waals surface area contributed by atoms with Crippen LogP contribution in [0.2, 0.25) is 0 Å². The van der Waals surface area contributed by atoms with Gasteiger partial charge in [0, 0.05) is 70.2 Å². The molecule has 0 aromatic carbocycles. The Morgan fingerprint density at radius 1 is 0.714 bits per heavy atom. The number of nitrogens with one attached hydrogen (secondary N) is 1. The van der Waals surface area contributed by atoms with Gasteiger partial charge >= 0.3 is 12.2 Å². The minimum atomic E-state index is -0.443. The molecule has 3 heterocycles. The third-order valence-electron chi connectivity index (χ3n) is 6.14. The second kappa shape index (κ2) is 19.1. The smallest absolute Gasteiger partial charge is 0.410 e. The van der Waals surface area contributed by atoms with E-state index in [0.29, 0.717) is 69.5 Å². The number of nitrogens with two attached hydrogens (primary N) is 1. The summed E-state index contributed by atoms with van der Waals surface area (Å²) in [6.45, 7) is 21.3. The maximum absolute atomic E-state index is 11.6. The van der Waals surface area contributed by atoms with Crippen LogP contribution < -0.4 is 11.1 Å². The van der Waals surface area contributed by atoms with Crippen molar-refractivity contribution in [2.75, 3.05) is 39.3 Å². The molecule has 3 fully saturated rings. The molecule has 11 nitrogen and oxygen atoms in total. The molecule has 2 amide bonds. The average molecular weight is 619 g/mol. The molecule has 12 heteroatoms. The molecule has 0 unspecified atom stereocenters. The molecule has 3 N–H and O–H groups in total. The van der Waals surface area contributed by atoms with Crippen LogP contribution in [0.15, 0.2) is 0 Å². The highest BCUT2D eigenvalue weighted by molar-refractivity contribution is 6.63. The first kappa shape index (κ1) is 39.8. The number of carbonyl (C=O) groups is 5. The van der Waals surface area contributed by atoms with Gasteiger partial charge in [-0.3, -0.25) is 14.4 Å². The van der Waals surface area contributed by atoms with Crippen molar-refractivity contribution < 1.29 is 33.4 Å². The quantitative estimate of drug-likeness (QED) is 0.393. The number of halogens is 1.